The van der Waals surface area contributed by atoms with Crippen LogP contribution in [0, 0.1) is 0 Å². The monoisotopic (exact) mass is 369 g/mol. The Labute approximate surface area is 152 Å². The molecule has 0 amide bonds. The van der Waals surface area contributed by atoms with E-state index in [0.29, 0.717) is 33.8 Å². The van der Waals surface area contributed by atoms with E-state index in [-0.39, 0.29) is 6.04 Å². The summed E-state index contributed by atoms with van der Waals surface area (Å²) >= 11 is 12.0. The molecule has 0 bridgehead atoms. The highest BCUT2D eigenvalue weighted by Crippen LogP contribution is 2.38. The fraction of sp³-hybridized carbons (Fsp3) is 0.333. The van der Waals surface area contributed by atoms with Gasteiger partial charge in [0.25, 0.3) is 0 Å². The highest BCUT2D eigenvalue weighted by Gasteiger charge is 2.14. The van der Waals surface area contributed by atoms with Gasteiger partial charge < -0.3 is 19.5 Å². The highest BCUT2D eigenvalue weighted by molar-refractivity contribution is 6.42. The second-order valence-corrected chi connectivity index (χ2v) is 6.12. The lowest BCUT2D eigenvalue weighted by atomic mass is 10.1. The fourth-order valence-corrected chi connectivity index (χ4v) is 2.71. The second kappa shape index (κ2) is 8.47. The van der Waals surface area contributed by atoms with Crippen molar-refractivity contribution in [3.8, 4) is 17.2 Å². The van der Waals surface area contributed by atoms with Gasteiger partial charge in [-0.15, -0.1) is 0 Å². The molecule has 0 saturated heterocycles. The van der Waals surface area contributed by atoms with Crippen LogP contribution in [0.25, 0.3) is 0 Å². The van der Waals surface area contributed by atoms with E-state index in [1.54, 1.807) is 27.4 Å². The average molecular weight is 370 g/mol. The summed E-state index contributed by atoms with van der Waals surface area (Å²) in [6.07, 6.45) is 0. The van der Waals surface area contributed by atoms with Crippen molar-refractivity contribution in [2.45, 2.75) is 19.5 Å². The van der Waals surface area contributed by atoms with Gasteiger partial charge in [0.05, 0.1) is 31.4 Å². The molecular weight excluding hydrogens is 349 g/mol. The lowest BCUT2D eigenvalue weighted by molar-refractivity contribution is 0.323. The molecule has 0 heterocycles. The number of ether oxygens (including phenoxy) is 3. The van der Waals surface area contributed by atoms with E-state index in [9.17, 15) is 0 Å². The van der Waals surface area contributed by atoms with Crippen LogP contribution < -0.4 is 19.5 Å². The van der Waals surface area contributed by atoms with Gasteiger partial charge in [0.15, 0.2) is 11.5 Å². The van der Waals surface area contributed by atoms with Crippen molar-refractivity contribution < 1.29 is 14.2 Å². The predicted octanol–water partition coefficient (Wildman–Crippen LogP) is 4.87. The Morgan fingerprint density at radius 1 is 0.917 bits per heavy atom. The Balaban J connectivity index is 2.14. The molecule has 0 saturated carbocycles. The summed E-state index contributed by atoms with van der Waals surface area (Å²) < 4.78 is 16.1. The van der Waals surface area contributed by atoms with Crippen LogP contribution >= 0.6 is 23.2 Å². The Bertz CT molecular complexity index is 682. The molecule has 0 aliphatic carbocycles. The maximum absolute atomic E-state index is 6.08. The number of halogens is 2. The molecule has 0 unspecified atom stereocenters. The molecule has 130 valence electrons. The van der Waals surface area contributed by atoms with Crippen molar-refractivity contribution in [2.75, 3.05) is 21.3 Å². The van der Waals surface area contributed by atoms with E-state index in [0.717, 1.165) is 11.1 Å². The molecule has 2 rings (SSSR count). The summed E-state index contributed by atoms with van der Waals surface area (Å²) in [6, 6.07) is 9.60. The van der Waals surface area contributed by atoms with Crippen molar-refractivity contribution in [3.63, 3.8) is 0 Å². The SMILES string of the molecule is COc1cc(CN[C@H](C)c2ccc(Cl)c(Cl)c2)cc(OC)c1OC. The molecule has 6 heteroatoms. The lowest BCUT2D eigenvalue weighted by Crippen LogP contribution is -2.18. The van der Waals surface area contributed by atoms with Crippen LogP contribution in [0.5, 0.6) is 17.2 Å². The number of hydrogen-bond donors (Lipinski definition) is 1. The van der Waals surface area contributed by atoms with Crippen LogP contribution in [0.15, 0.2) is 30.3 Å². The van der Waals surface area contributed by atoms with Crippen LogP contribution in [0.2, 0.25) is 10.0 Å². The molecule has 0 radical (unpaired) electrons. The highest BCUT2D eigenvalue weighted by atomic mass is 35.5. The van der Waals surface area contributed by atoms with Gasteiger partial charge >= 0.3 is 0 Å². The summed E-state index contributed by atoms with van der Waals surface area (Å²) in [7, 11) is 4.80. The minimum atomic E-state index is 0.110. The van der Waals surface area contributed by atoms with Gasteiger partial charge in [-0.1, -0.05) is 29.3 Å². The zero-order valence-corrected chi connectivity index (χ0v) is 15.7. The van der Waals surface area contributed by atoms with Gasteiger partial charge in [-0.25, -0.2) is 0 Å². The third-order valence-electron chi connectivity index (χ3n) is 3.78. The maximum Gasteiger partial charge on any atom is 0.203 e. The number of rotatable bonds is 7. The standard InChI is InChI=1S/C18H21Cl2NO3/c1-11(13-5-6-14(19)15(20)9-13)21-10-12-7-16(22-2)18(24-4)17(8-12)23-3/h5-9,11,21H,10H2,1-4H3/t11-/m1/s1. The van der Waals surface area contributed by atoms with Crippen LogP contribution in [0.1, 0.15) is 24.1 Å². The number of hydrogen-bond acceptors (Lipinski definition) is 4. The first-order valence-electron chi connectivity index (χ1n) is 7.47. The first kappa shape index (κ1) is 18.7. The van der Waals surface area contributed by atoms with E-state index in [1.807, 2.05) is 24.3 Å². The van der Waals surface area contributed by atoms with Crippen molar-refractivity contribution in [2.24, 2.45) is 0 Å². The van der Waals surface area contributed by atoms with Gasteiger partial charge in [0.2, 0.25) is 5.75 Å². The third kappa shape index (κ3) is 4.26. The molecule has 2 aromatic rings. The Hall–Kier alpha value is -1.62. The van der Waals surface area contributed by atoms with Crippen LogP contribution in [0.3, 0.4) is 0 Å². The van der Waals surface area contributed by atoms with Gasteiger partial charge in [-0.05, 0) is 42.3 Å². The van der Waals surface area contributed by atoms with E-state index in [4.69, 9.17) is 37.4 Å². The first-order chi connectivity index (χ1) is 11.5. The maximum atomic E-state index is 6.08. The van der Waals surface area contributed by atoms with E-state index < -0.39 is 0 Å². The summed E-state index contributed by atoms with van der Waals surface area (Å²) in [6.45, 7) is 2.70. The van der Waals surface area contributed by atoms with Crippen molar-refractivity contribution >= 4 is 23.2 Å². The lowest BCUT2D eigenvalue weighted by Gasteiger charge is -2.17. The quantitative estimate of drug-likeness (QED) is 0.755. The van der Waals surface area contributed by atoms with Crippen molar-refractivity contribution in [3.05, 3.63) is 51.5 Å². The van der Waals surface area contributed by atoms with Crippen LogP contribution in [0.4, 0.5) is 0 Å². The zero-order chi connectivity index (χ0) is 17.7. The van der Waals surface area contributed by atoms with Crippen LogP contribution in [-0.4, -0.2) is 21.3 Å². The van der Waals surface area contributed by atoms with Gasteiger partial charge in [-0.3, -0.25) is 0 Å². The zero-order valence-electron chi connectivity index (χ0n) is 14.2. The molecule has 0 spiro atoms. The smallest absolute Gasteiger partial charge is 0.203 e. The second-order valence-electron chi connectivity index (χ2n) is 5.31. The molecule has 1 N–H and O–H groups in total. The largest absolute Gasteiger partial charge is 0.493 e. The number of methoxy groups -OCH3 is 3. The summed E-state index contributed by atoms with van der Waals surface area (Å²) in [5, 5.41) is 4.55. The average Bonchev–Trinajstić information content (AvgIpc) is 2.60. The summed E-state index contributed by atoms with van der Waals surface area (Å²) in [5.74, 6) is 1.85. The predicted molar refractivity (Wildman–Crippen MR) is 97.8 cm³/mol. The Kier molecular flexibility index (Phi) is 6.60. The minimum Gasteiger partial charge on any atom is -0.493 e. The van der Waals surface area contributed by atoms with Gasteiger partial charge in [0.1, 0.15) is 0 Å². The molecule has 0 fully saturated rings. The fourth-order valence-electron chi connectivity index (χ4n) is 2.41. The van der Waals surface area contributed by atoms with Gasteiger partial charge in [-0.2, -0.15) is 0 Å². The molecule has 24 heavy (non-hydrogen) atoms. The minimum absolute atomic E-state index is 0.110. The van der Waals surface area contributed by atoms with Crippen LogP contribution in [-0.2, 0) is 6.54 Å². The third-order valence-corrected chi connectivity index (χ3v) is 4.52. The molecule has 0 aromatic heterocycles. The van der Waals surface area contributed by atoms with E-state index >= 15 is 0 Å². The number of nitrogens with one attached hydrogen (secondary N) is 1. The van der Waals surface area contributed by atoms with E-state index in [2.05, 4.69) is 12.2 Å². The molecule has 0 aliphatic rings. The Morgan fingerprint density at radius 2 is 1.54 bits per heavy atom. The summed E-state index contributed by atoms with van der Waals surface area (Å²) in [4.78, 5) is 0. The topological polar surface area (TPSA) is 39.7 Å². The number of benzene rings is 2. The molecule has 4 nitrogen and oxygen atoms in total. The molecule has 1 atom stereocenters. The molecular formula is C18H21Cl2NO3. The summed E-state index contributed by atoms with van der Waals surface area (Å²) in [5.41, 5.74) is 2.09. The Morgan fingerprint density at radius 3 is 2.04 bits per heavy atom. The van der Waals surface area contributed by atoms with Crippen molar-refractivity contribution in [1.82, 2.24) is 5.32 Å². The normalized spacial score (nSPS) is 11.9. The molecule has 2 aromatic carbocycles. The first-order valence-corrected chi connectivity index (χ1v) is 8.23. The van der Waals surface area contributed by atoms with E-state index in [1.165, 1.54) is 0 Å². The molecule has 0 aliphatic heterocycles. The van der Waals surface area contributed by atoms with Crippen molar-refractivity contribution in [1.29, 1.82) is 0 Å². The van der Waals surface area contributed by atoms with Gasteiger partial charge in [0, 0.05) is 12.6 Å².